The van der Waals surface area contributed by atoms with Crippen LogP contribution in [0.2, 0.25) is 10.0 Å². The molecule has 19 heavy (non-hydrogen) atoms. The van der Waals surface area contributed by atoms with Gasteiger partial charge in [-0.15, -0.1) is 0 Å². The number of aromatic nitrogens is 2. The number of benzene rings is 1. The van der Waals surface area contributed by atoms with Crippen molar-refractivity contribution in [3.63, 3.8) is 0 Å². The van der Waals surface area contributed by atoms with Crippen LogP contribution in [0.15, 0.2) is 30.6 Å². The van der Waals surface area contributed by atoms with E-state index in [0.717, 1.165) is 12.4 Å². The fourth-order valence-electron chi connectivity index (χ4n) is 2.18. The molecule has 0 fully saturated rings. The van der Waals surface area contributed by atoms with Gasteiger partial charge >= 0.3 is 0 Å². The predicted octanol–water partition coefficient (Wildman–Crippen LogP) is 2.85. The summed E-state index contributed by atoms with van der Waals surface area (Å²) in [6, 6.07) is 4.92. The number of carbonyl (C=O) groups is 1. The number of carbonyl (C=O) groups excluding carboxylic acids is 1. The Morgan fingerprint density at radius 3 is 2.89 bits per heavy atom. The Bertz CT molecular complexity index is 639. The number of nitrogens with zero attached hydrogens (tertiary/aromatic N) is 3. The number of fused-ring (bicyclic) bond motifs is 1. The van der Waals surface area contributed by atoms with Gasteiger partial charge in [0.25, 0.3) is 5.91 Å². The summed E-state index contributed by atoms with van der Waals surface area (Å²) in [5, 5.41) is 0.905. The maximum absolute atomic E-state index is 12.4. The summed E-state index contributed by atoms with van der Waals surface area (Å²) in [6.45, 7) is 1.91. The molecule has 2 aromatic rings. The van der Waals surface area contributed by atoms with E-state index >= 15 is 0 Å². The molecular weight excluding hydrogens is 285 g/mol. The topological polar surface area (TPSA) is 38.1 Å². The first-order chi connectivity index (χ1) is 9.15. The van der Waals surface area contributed by atoms with Gasteiger partial charge in [0.1, 0.15) is 5.82 Å². The summed E-state index contributed by atoms with van der Waals surface area (Å²) >= 11 is 11.9. The lowest BCUT2D eigenvalue weighted by Gasteiger charge is -2.28. The van der Waals surface area contributed by atoms with Gasteiger partial charge in [0, 0.05) is 30.5 Å². The number of halogens is 2. The highest BCUT2D eigenvalue weighted by atomic mass is 35.5. The van der Waals surface area contributed by atoms with Crippen molar-refractivity contribution >= 4 is 29.1 Å². The van der Waals surface area contributed by atoms with Crippen molar-refractivity contribution in [2.45, 2.75) is 13.1 Å². The first-order valence-electron chi connectivity index (χ1n) is 5.89. The number of imidazole rings is 1. The Kier molecular flexibility index (Phi) is 3.21. The van der Waals surface area contributed by atoms with E-state index in [9.17, 15) is 4.79 Å². The molecule has 4 nitrogen and oxygen atoms in total. The molecule has 1 aromatic carbocycles. The molecule has 98 valence electrons. The lowest BCUT2D eigenvalue weighted by atomic mass is 10.2. The monoisotopic (exact) mass is 295 g/mol. The fraction of sp³-hybridized carbons (Fsp3) is 0.231. The van der Waals surface area contributed by atoms with Crippen LogP contribution in [0, 0.1) is 0 Å². The maximum atomic E-state index is 12.4. The minimum Gasteiger partial charge on any atom is -0.332 e. The van der Waals surface area contributed by atoms with Crippen LogP contribution >= 0.6 is 23.2 Å². The van der Waals surface area contributed by atoms with E-state index < -0.39 is 0 Å². The average molecular weight is 296 g/mol. The van der Waals surface area contributed by atoms with Crippen LogP contribution in [-0.2, 0) is 13.1 Å². The Balaban J connectivity index is 1.85. The Morgan fingerprint density at radius 1 is 1.26 bits per heavy atom. The predicted molar refractivity (Wildman–Crippen MR) is 73.4 cm³/mol. The minimum atomic E-state index is -0.0871. The molecule has 2 heterocycles. The third-order valence-electron chi connectivity index (χ3n) is 3.19. The Labute approximate surface area is 120 Å². The van der Waals surface area contributed by atoms with E-state index in [-0.39, 0.29) is 5.91 Å². The molecule has 0 aliphatic carbocycles. The lowest BCUT2D eigenvalue weighted by Crippen LogP contribution is -2.38. The van der Waals surface area contributed by atoms with E-state index in [1.54, 1.807) is 29.3 Å². The second-order valence-electron chi connectivity index (χ2n) is 4.39. The summed E-state index contributed by atoms with van der Waals surface area (Å²) in [7, 11) is 0. The third-order valence-corrected chi connectivity index (χ3v) is 3.74. The van der Waals surface area contributed by atoms with E-state index in [1.165, 1.54) is 0 Å². The van der Waals surface area contributed by atoms with E-state index in [4.69, 9.17) is 23.2 Å². The largest absolute Gasteiger partial charge is 0.332 e. The molecule has 0 N–H and O–H groups in total. The molecule has 0 unspecified atom stereocenters. The quantitative estimate of drug-likeness (QED) is 0.811. The number of rotatable bonds is 1. The highest BCUT2D eigenvalue weighted by Gasteiger charge is 2.23. The summed E-state index contributed by atoms with van der Waals surface area (Å²) in [6.07, 6.45) is 3.67. The molecule has 0 radical (unpaired) electrons. The van der Waals surface area contributed by atoms with Crippen molar-refractivity contribution in [3.05, 3.63) is 52.0 Å². The van der Waals surface area contributed by atoms with Crippen molar-refractivity contribution in [2.75, 3.05) is 6.54 Å². The zero-order chi connectivity index (χ0) is 13.4. The molecule has 3 rings (SSSR count). The van der Waals surface area contributed by atoms with Crippen molar-refractivity contribution in [1.82, 2.24) is 14.5 Å². The first kappa shape index (κ1) is 12.5. The zero-order valence-corrected chi connectivity index (χ0v) is 11.5. The van der Waals surface area contributed by atoms with Gasteiger partial charge in [-0.2, -0.15) is 0 Å². The van der Waals surface area contributed by atoms with Crippen LogP contribution in [0.1, 0.15) is 16.2 Å². The average Bonchev–Trinajstić information content (AvgIpc) is 2.85. The summed E-state index contributed by atoms with van der Waals surface area (Å²) < 4.78 is 2.05. The lowest BCUT2D eigenvalue weighted by molar-refractivity contribution is 0.0707. The second-order valence-corrected chi connectivity index (χ2v) is 5.23. The van der Waals surface area contributed by atoms with Gasteiger partial charge < -0.3 is 9.47 Å². The van der Waals surface area contributed by atoms with E-state index in [1.807, 2.05) is 10.8 Å². The van der Waals surface area contributed by atoms with Crippen molar-refractivity contribution in [1.29, 1.82) is 0 Å². The standard InChI is InChI=1S/C13H11Cl2N3O/c14-9-1-2-10(11(15)7-9)13(19)18-6-5-17-4-3-16-12(17)8-18/h1-4,7H,5-6,8H2. The van der Waals surface area contributed by atoms with E-state index in [0.29, 0.717) is 28.7 Å². The molecule has 1 amide bonds. The summed E-state index contributed by atoms with van der Waals surface area (Å²) in [5.41, 5.74) is 0.478. The highest BCUT2D eigenvalue weighted by molar-refractivity contribution is 6.36. The maximum Gasteiger partial charge on any atom is 0.255 e. The molecule has 0 spiro atoms. The fourth-order valence-corrected chi connectivity index (χ4v) is 2.67. The van der Waals surface area contributed by atoms with Gasteiger partial charge in [-0.3, -0.25) is 4.79 Å². The molecular formula is C13H11Cl2N3O. The van der Waals surface area contributed by atoms with Crippen LogP contribution in [0.4, 0.5) is 0 Å². The molecule has 6 heteroatoms. The van der Waals surface area contributed by atoms with Crippen molar-refractivity contribution < 1.29 is 4.79 Å². The van der Waals surface area contributed by atoms with Crippen LogP contribution < -0.4 is 0 Å². The van der Waals surface area contributed by atoms with Gasteiger partial charge in [0.05, 0.1) is 17.1 Å². The molecule has 1 aliphatic rings. The Morgan fingerprint density at radius 2 is 2.11 bits per heavy atom. The number of hydrogen-bond donors (Lipinski definition) is 0. The van der Waals surface area contributed by atoms with E-state index in [2.05, 4.69) is 4.98 Å². The smallest absolute Gasteiger partial charge is 0.255 e. The minimum absolute atomic E-state index is 0.0871. The molecule has 1 aliphatic heterocycles. The van der Waals surface area contributed by atoms with Crippen LogP contribution in [0.3, 0.4) is 0 Å². The van der Waals surface area contributed by atoms with Gasteiger partial charge in [0.2, 0.25) is 0 Å². The molecule has 0 atom stereocenters. The van der Waals surface area contributed by atoms with Crippen molar-refractivity contribution in [3.8, 4) is 0 Å². The molecule has 0 saturated carbocycles. The zero-order valence-electron chi connectivity index (χ0n) is 10.0. The molecule has 0 bridgehead atoms. The van der Waals surface area contributed by atoms with Crippen molar-refractivity contribution in [2.24, 2.45) is 0 Å². The van der Waals surface area contributed by atoms with Gasteiger partial charge in [-0.05, 0) is 18.2 Å². The van der Waals surface area contributed by atoms with Crippen LogP contribution in [0.5, 0.6) is 0 Å². The molecule has 1 aromatic heterocycles. The normalized spacial score (nSPS) is 14.3. The number of amides is 1. The van der Waals surface area contributed by atoms with Gasteiger partial charge in [-0.25, -0.2) is 4.98 Å². The van der Waals surface area contributed by atoms with Crippen LogP contribution in [-0.4, -0.2) is 26.9 Å². The second kappa shape index (κ2) is 4.87. The third kappa shape index (κ3) is 2.33. The first-order valence-corrected chi connectivity index (χ1v) is 6.65. The highest BCUT2D eigenvalue weighted by Crippen LogP contribution is 2.23. The molecule has 0 saturated heterocycles. The number of hydrogen-bond acceptors (Lipinski definition) is 2. The van der Waals surface area contributed by atoms with Gasteiger partial charge in [0.15, 0.2) is 0 Å². The van der Waals surface area contributed by atoms with Crippen LogP contribution in [0.25, 0.3) is 0 Å². The van der Waals surface area contributed by atoms with Gasteiger partial charge in [-0.1, -0.05) is 23.2 Å². The summed E-state index contributed by atoms with van der Waals surface area (Å²) in [4.78, 5) is 18.4. The summed E-state index contributed by atoms with van der Waals surface area (Å²) in [5.74, 6) is 0.806. The SMILES string of the molecule is O=C(c1ccc(Cl)cc1Cl)N1CCn2ccnc2C1. The Hall–Kier alpha value is -1.52.